The van der Waals surface area contributed by atoms with Crippen molar-refractivity contribution in [3.63, 3.8) is 0 Å². The molecule has 1 unspecified atom stereocenters. The number of carbonyl (C=O) groups excluding carboxylic acids is 1. The molecule has 1 aliphatic rings. The molecule has 0 bridgehead atoms. The lowest BCUT2D eigenvalue weighted by Gasteiger charge is -2.26. The average Bonchev–Trinajstić information content (AvgIpc) is 3.17. The Kier molecular flexibility index (Phi) is 8.04. The minimum atomic E-state index is -0.769. The number of esters is 1. The molecule has 0 spiro atoms. The van der Waals surface area contributed by atoms with E-state index >= 15 is 0 Å². The van der Waals surface area contributed by atoms with Crippen molar-refractivity contribution in [3.8, 4) is 11.5 Å². The molecular weight excluding hydrogens is 556 g/mol. The molecule has 3 aromatic rings. The summed E-state index contributed by atoms with van der Waals surface area (Å²) in [6.45, 7) is 7.99. The number of halogens is 1. The maximum Gasteiger partial charge on any atom is 0.338 e. The molecule has 1 aromatic heterocycles. The number of rotatable bonds is 7. The standard InChI is InChI=1S/C28H29BrN2O5S/c1-7-36-27(33)24-16(4)30-28-31(25(24)19-13-21(34-5)22(35-6)14-20(19)29)26(32)23(37-28)12-17-8-10-18(11-9-17)15(2)3/h8-15,25H,7H2,1-6H3/b23-12-. The van der Waals surface area contributed by atoms with Crippen molar-refractivity contribution < 1.29 is 19.0 Å². The molecule has 0 saturated heterocycles. The highest BCUT2D eigenvalue weighted by molar-refractivity contribution is 9.10. The molecule has 2 heterocycles. The number of hydrogen-bond acceptors (Lipinski definition) is 7. The molecule has 0 aliphatic carbocycles. The molecule has 194 valence electrons. The normalized spacial score (nSPS) is 15.5. The third kappa shape index (κ3) is 5.15. The van der Waals surface area contributed by atoms with Crippen LogP contribution in [0.15, 0.2) is 61.9 Å². The van der Waals surface area contributed by atoms with E-state index in [9.17, 15) is 9.59 Å². The van der Waals surface area contributed by atoms with Crippen molar-refractivity contribution in [2.45, 2.75) is 39.7 Å². The maximum absolute atomic E-state index is 13.8. The van der Waals surface area contributed by atoms with Crippen LogP contribution < -0.4 is 24.4 Å². The van der Waals surface area contributed by atoms with E-state index in [4.69, 9.17) is 14.2 Å². The quantitative estimate of drug-likeness (QED) is 0.376. The number of benzene rings is 2. The van der Waals surface area contributed by atoms with Gasteiger partial charge in [-0.15, -0.1) is 0 Å². The second-order valence-corrected chi connectivity index (χ2v) is 10.7. The van der Waals surface area contributed by atoms with Crippen LogP contribution in [0.5, 0.6) is 11.5 Å². The summed E-state index contributed by atoms with van der Waals surface area (Å²) in [6, 6.07) is 10.9. The van der Waals surface area contributed by atoms with Crippen LogP contribution in [0, 0.1) is 0 Å². The molecule has 0 amide bonds. The van der Waals surface area contributed by atoms with E-state index in [2.05, 4.69) is 46.9 Å². The highest BCUT2D eigenvalue weighted by atomic mass is 79.9. The zero-order chi connectivity index (χ0) is 26.9. The lowest BCUT2D eigenvalue weighted by Crippen LogP contribution is -2.40. The average molecular weight is 586 g/mol. The summed E-state index contributed by atoms with van der Waals surface area (Å²) in [6.07, 6.45) is 1.86. The van der Waals surface area contributed by atoms with Gasteiger partial charge in [0.2, 0.25) is 0 Å². The smallest absolute Gasteiger partial charge is 0.338 e. The SMILES string of the molecule is CCOC(=O)C1=C(C)N=c2s/c(=C\c3ccc(C(C)C)cc3)c(=O)n2C1c1cc(OC)c(OC)cc1Br. The van der Waals surface area contributed by atoms with Crippen LogP contribution in [0.25, 0.3) is 6.08 Å². The van der Waals surface area contributed by atoms with Crippen molar-refractivity contribution in [1.29, 1.82) is 0 Å². The Morgan fingerprint density at radius 3 is 2.41 bits per heavy atom. The first-order chi connectivity index (χ1) is 17.7. The van der Waals surface area contributed by atoms with Gasteiger partial charge in [0.1, 0.15) is 0 Å². The monoisotopic (exact) mass is 584 g/mol. The van der Waals surface area contributed by atoms with E-state index in [-0.39, 0.29) is 12.2 Å². The van der Waals surface area contributed by atoms with Crippen molar-refractivity contribution in [3.05, 3.63) is 88.5 Å². The number of nitrogens with zero attached hydrogens (tertiary/aromatic N) is 2. The summed E-state index contributed by atoms with van der Waals surface area (Å²) < 4.78 is 19.1. The summed E-state index contributed by atoms with van der Waals surface area (Å²) in [5, 5.41) is 0. The van der Waals surface area contributed by atoms with Gasteiger partial charge in [0.15, 0.2) is 16.3 Å². The number of methoxy groups -OCH3 is 2. The van der Waals surface area contributed by atoms with Crippen molar-refractivity contribution in [1.82, 2.24) is 4.57 Å². The summed E-state index contributed by atoms with van der Waals surface area (Å²) >= 11 is 4.91. The maximum atomic E-state index is 13.8. The van der Waals surface area contributed by atoms with Crippen LogP contribution in [-0.4, -0.2) is 31.4 Å². The number of thiazole rings is 1. The highest BCUT2D eigenvalue weighted by Gasteiger charge is 2.35. The lowest BCUT2D eigenvalue weighted by atomic mass is 9.95. The first-order valence-electron chi connectivity index (χ1n) is 11.9. The molecule has 1 aliphatic heterocycles. The predicted octanol–water partition coefficient (Wildman–Crippen LogP) is 4.70. The molecule has 9 heteroatoms. The predicted molar refractivity (Wildman–Crippen MR) is 148 cm³/mol. The third-order valence-electron chi connectivity index (χ3n) is 6.22. The number of ether oxygens (including phenoxy) is 3. The van der Waals surface area contributed by atoms with E-state index in [0.717, 1.165) is 5.56 Å². The molecule has 1 atom stereocenters. The highest BCUT2D eigenvalue weighted by Crippen LogP contribution is 2.40. The largest absolute Gasteiger partial charge is 0.493 e. The molecule has 0 fully saturated rings. The van der Waals surface area contributed by atoms with Crippen molar-refractivity contribution in [2.24, 2.45) is 4.99 Å². The number of carbonyl (C=O) groups is 1. The van der Waals surface area contributed by atoms with Crippen LogP contribution in [0.4, 0.5) is 0 Å². The number of fused-ring (bicyclic) bond motifs is 1. The van der Waals surface area contributed by atoms with Gasteiger partial charge in [-0.25, -0.2) is 9.79 Å². The topological polar surface area (TPSA) is 79.1 Å². The minimum absolute atomic E-state index is 0.201. The van der Waals surface area contributed by atoms with E-state index in [1.54, 1.807) is 44.8 Å². The Labute approximate surface area is 227 Å². The van der Waals surface area contributed by atoms with Crippen molar-refractivity contribution >= 4 is 39.3 Å². The zero-order valence-corrected chi connectivity index (χ0v) is 24.0. The van der Waals surface area contributed by atoms with Gasteiger partial charge in [-0.3, -0.25) is 9.36 Å². The van der Waals surface area contributed by atoms with E-state index < -0.39 is 12.0 Å². The van der Waals surface area contributed by atoms with E-state index in [1.807, 2.05) is 18.2 Å². The fourth-order valence-corrected chi connectivity index (χ4v) is 5.88. The second kappa shape index (κ2) is 11.1. The second-order valence-electron chi connectivity index (χ2n) is 8.85. The van der Waals surface area contributed by atoms with E-state index in [0.29, 0.717) is 48.1 Å². The van der Waals surface area contributed by atoms with Gasteiger partial charge in [0, 0.05) is 4.47 Å². The summed E-state index contributed by atoms with van der Waals surface area (Å²) in [5.74, 6) is 0.900. The summed E-state index contributed by atoms with van der Waals surface area (Å²) in [7, 11) is 3.09. The van der Waals surface area contributed by atoms with Crippen LogP contribution in [0.2, 0.25) is 0 Å². The van der Waals surface area contributed by atoms with Gasteiger partial charge >= 0.3 is 5.97 Å². The Morgan fingerprint density at radius 2 is 1.81 bits per heavy atom. The third-order valence-corrected chi connectivity index (χ3v) is 7.89. The molecule has 0 N–H and O–H groups in total. The van der Waals surface area contributed by atoms with Crippen LogP contribution in [-0.2, 0) is 9.53 Å². The van der Waals surface area contributed by atoms with Gasteiger partial charge in [-0.2, -0.15) is 0 Å². The lowest BCUT2D eigenvalue weighted by molar-refractivity contribution is -0.139. The van der Waals surface area contributed by atoms with Crippen LogP contribution in [0.1, 0.15) is 56.3 Å². The Morgan fingerprint density at radius 1 is 1.16 bits per heavy atom. The molecule has 0 radical (unpaired) electrons. The fourth-order valence-electron chi connectivity index (χ4n) is 4.29. The number of allylic oxidation sites excluding steroid dienone is 1. The van der Waals surface area contributed by atoms with Gasteiger partial charge in [0.25, 0.3) is 5.56 Å². The van der Waals surface area contributed by atoms with E-state index in [1.165, 1.54) is 16.9 Å². The summed E-state index contributed by atoms with van der Waals surface area (Å²) in [5.41, 5.74) is 3.36. The summed E-state index contributed by atoms with van der Waals surface area (Å²) in [4.78, 5) is 32.1. The molecule has 37 heavy (non-hydrogen) atoms. The van der Waals surface area contributed by atoms with Gasteiger partial charge in [-0.05, 0) is 54.7 Å². The minimum Gasteiger partial charge on any atom is -0.493 e. The first-order valence-corrected chi connectivity index (χ1v) is 13.5. The fraction of sp³-hybridized carbons (Fsp3) is 0.321. The molecular formula is C28H29BrN2O5S. The molecule has 0 saturated carbocycles. The Balaban J connectivity index is 1.96. The van der Waals surface area contributed by atoms with Crippen LogP contribution >= 0.6 is 27.3 Å². The number of hydrogen-bond donors (Lipinski definition) is 0. The zero-order valence-electron chi connectivity index (χ0n) is 21.6. The Bertz CT molecular complexity index is 1550. The Hall–Kier alpha value is -3.17. The van der Waals surface area contributed by atoms with Crippen LogP contribution in [0.3, 0.4) is 0 Å². The first kappa shape index (κ1) is 26.9. The van der Waals surface area contributed by atoms with Gasteiger partial charge in [-0.1, -0.05) is 65.4 Å². The van der Waals surface area contributed by atoms with Gasteiger partial charge in [0.05, 0.1) is 42.7 Å². The molecule has 7 nitrogen and oxygen atoms in total. The molecule has 2 aromatic carbocycles. The van der Waals surface area contributed by atoms with Gasteiger partial charge < -0.3 is 14.2 Å². The number of aromatic nitrogens is 1. The van der Waals surface area contributed by atoms with Crippen molar-refractivity contribution in [2.75, 3.05) is 20.8 Å². The molecule has 4 rings (SSSR count).